The number of carbonyl (C=O) groups excluding carboxylic acids is 2. The lowest BCUT2D eigenvalue weighted by molar-refractivity contribution is -0.144. The maximum Gasteiger partial charge on any atom is 0.328 e. The molecule has 1 N–H and O–H groups in total. The summed E-state index contributed by atoms with van der Waals surface area (Å²) in [6.07, 6.45) is 0.548. The number of carbonyl (C=O) groups is 2. The highest BCUT2D eigenvalue weighted by atomic mass is 16.5. The molecule has 0 aromatic rings. The molecule has 0 saturated heterocycles. The van der Waals surface area contributed by atoms with Crippen LogP contribution in [0.4, 0.5) is 0 Å². The Hall–Kier alpha value is -1.06. The van der Waals surface area contributed by atoms with E-state index in [1.165, 1.54) is 14.0 Å². The van der Waals surface area contributed by atoms with Gasteiger partial charge in [0.1, 0.15) is 6.04 Å². The van der Waals surface area contributed by atoms with Crippen molar-refractivity contribution in [2.45, 2.75) is 26.3 Å². The quantitative estimate of drug-likeness (QED) is 0.593. The highest BCUT2D eigenvalue weighted by molar-refractivity contribution is 5.82. The Morgan fingerprint density at radius 2 is 2.09 bits per heavy atom. The first-order valence-corrected chi connectivity index (χ1v) is 3.46. The summed E-state index contributed by atoms with van der Waals surface area (Å²) in [7, 11) is 1.30. The van der Waals surface area contributed by atoms with E-state index in [4.69, 9.17) is 0 Å². The molecule has 1 atom stereocenters. The van der Waals surface area contributed by atoms with E-state index < -0.39 is 12.0 Å². The predicted octanol–water partition coefficient (Wildman–Crippen LogP) is 0.0741. The van der Waals surface area contributed by atoms with Crippen molar-refractivity contribution in [3.05, 3.63) is 0 Å². The first kappa shape index (κ1) is 9.94. The van der Waals surface area contributed by atoms with Crippen molar-refractivity contribution in [1.29, 1.82) is 0 Å². The van der Waals surface area contributed by atoms with E-state index in [0.29, 0.717) is 6.42 Å². The lowest BCUT2D eigenvalue weighted by Crippen LogP contribution is -2.39. The van der Waals surface area contributed by atoms with Crippen molar-refractivity contribution in [2.24, 2.45) is 0 Å². The van der Waals surface area contributed by atoms with E-state index in [2.05, 4.69) is 10.1 Å². The number of ether oxygens (including phenoxy) is 1. The molecule has 4 heteroatoms. The average Bonchev–Trinajstić information content (AvgIpc) is 1.98. The number of esters is 1. The highest BCUT2D eigenvalue weighted by Gasteiger charge is 2.16. The molecule has 0 aromatic heterocycles. The molecule has 0 rings (SSSR count). The molecule has 11 heavy (non-hydrogen) atoms. The first-order chi connectivity index (χ1) is 5.11. The molecule has 0 fully saturated rings. The van der Waals surface area contributed by atoms with Crippen LogP contribution in [0.5, 0.6) is 0 Å². The summed E-state index contributed by atoms with van der Waals surface area (Å²) in [5.41, 5.74) is 0. The maximum atomic E-state index is 10.8. The Morgan fingerprint density at radius 1 is 1.55 bits per heavy atom. The van der Waals surface area contributed by atoms with Gasteiger partial charge in [0, 0.05) is 6.92 Å². The Morgan fingerprint density at radius 3 is 2.36 bits per heavy atom. The molecular weight excluding hydrogens is 146 g/mol. The molecule has 1 amide bonds. The van der Waals surface area contributed by atoms with Crippen molar-refractivity contribution in [2.75, 3.05) is 7.11 Å². The molecule has 4 nitrogen and oxygen atoms in total. The first-order valence-electron chi connectivity index (χ1n) is 3.46. The zero-order valence-corrected chi connectivity index (χ0v) is 7.01. The molecule has 0 radical (unpaired) electrons. The number of hydrogen-bond donors (Lipinski definition) is 1. The molecule has 64 valence electrons. The van der Waals surface area contributed by atoms with Crippen LogP contribution in [0.25, 0.3) is 0 Å². The molecule has 0 spiro atoms. The van der Waals surface area contributed by atoms with Crippen LogP contribution in [0, 0.1) is 0 Å². The zero-order chi connectivity index (χ0) is 8.85. The highest BCUT2D eigenvalue weighted by Crippen LogP contribution is 1.92. The van der Waals surface area contributed by atoms with E-state index in [-0.39, 0.29) is 5.91 Å². The SMILES string of the molecule is CC[C@H](NC(C)=O)C(=O)OC. The van der Waals surface area contributed by atoms with Gasteiger partial charge in [0.15, 0.2) is 0 Å². The minimum Gasteiger partial charge on any atom is -0.467 e. The summed E-state index contributed by atoms with van der Waals surface area (Å²) in [6.45, 7) is 3.17. The van der Waals surface area contributed by atoms with Crippen molar-refractivity contribution in [3.63, 3.8) is 0 Å². The number of nitrogens with one attached hydrogen (secondary N) is 1. The van der Waals surface area contributed by atoms with Gasteiger partial charge in [0.2, 0.25) is 5.91 Å². The predicted molar refractivity (Wildman–Crippen MR) is 39.9 cm³/mol. The van der Waals surface area contributed by atoms with Gasteiger partial charge in [0.05, 0.1) is 7.11 Å². The third kappa shape index (κ3) is 3.60. The molecule has 0 aliphatic heterocycles. The van der Waals surface area contributed by atoms with Gasteiger partial charge in [-0.15, -0.1) is 0 Å². The average molecular weight is 159 g/mol. The standard InChI is InChI=1S/C7H13NO3/c1-4-6(7(10)11-3)8-5(2)9/h6H,4H2,1-3H3,(H,8,9)/t6-/m0/s1. The number of rotatable bonds is 3. The monoisotopic (exact) mass is 159 g/mol. The molecular formula is C7H13NO3. The smallest absolute Gasteiger partial charge is 0.328 e. The van der Waals surface area contributed by atoms with E-state index >= 15 is 0 Å². The van der Waals surface area contributed by atoms with Crippen LogP contribution < -0.4 is 5.32 Å². The number of amides is 1. The van der Waals surface area contributed by atoms with E-state index in [1.54, 1.807) is 6.92 Å². The normalized spacial score (nSPS) is 11.9. The third-order valence-electron chi connectivity index (χ3n) is 1.27. The Labute approximate surface area is 65.9 Å². The van der Waals surface area contributed by atoms with E-state index in [1.807, 2.05) is 0 Å². The topological polar surface area (TPSA) is 55.4 Å². The summed E-state index contributed by atoms with van der Waals surface area (Å²) in [5.74, 6) is -0.620. The lowest BCUT2D eigenvalue weighted by atomic mass is 10.2. The summed E-state index contributed by atoms with van der Waals surface area (Å²) in [5, 5.41) is 2.47. The Bertz CT molecular complexity index is 156. The molecule has 0 bridgehead atoms. The zero-order valence-electron chi connectivity index (χ0n) is 7.01. The number of methoxy groups -OCH3 is 1. The molecule has 0 heterocycles. The van der Waals surface area contributed by atoms with Gasteiger partial charge >= 0.3 is 5.97 Å². The van der Waals surface area contributed by atoms with Gasteiger partial charge in [-0.1, -0.05) is 6.92 Å². The maximum absolute atomic E-state index is 10.8. The van der Waals surface area contributed by atoms with Gasteiger partial charge in [-0.2, -0.15) is 0 Å². The summed E-state index contributed by atoms with van der Waals surface area (Å²) < 4.78 is 4.45. The van der Waals surface area contributed by atoms with Crippen LogP contribution in [-0.2, 0) is 14.3 Å². The second kappa shape index (κ2) is 4.71. The Kier molecular flexibility index (Phi) is 4.26. The minimum atomic E-state index is -0.502. The van der Waals surface area contributed by atoms with Crippen LogP contribution >= 0.6 is 0 Å². The minimum absolute atomic E-state index is 0.220. The van der Waals surface area contributed by atoms with Crippen molar-refractivity contribution >= 4 is 11.9 Å². The van der Waals surface area contributed by atoms with Gasteiger partial charge in [0.25, 0.3) is 0 Å². The third-order valence-corrected chi connectivity index (χ3v) is 1.27. The second-order valence-corrected chi connectivity index (χ2v) is 2.18. The fourth-order valence-corrected chi connectivity index (χ4v) is 0.715. The lowest BCUT2D eigenvalue weighted by Gasteiger charge is -2.12. The summed E-state index contributed by atoms with van der Waals surface area (Å²) in [6, 6.07) is -0.502. The summed E-state index contributed by atoms with van der Waals surface area (Å²) >= 11 is 0. The second-order valence-electron chi connectivity index (χ2n) is 2.18. The van der Waals surface area contributed by atoms with Crippen LogP contribution in [-0.4, -0.2) is 25.0 Å². The van der Waals surface area contributed by atoms with Crippen LogP contribution in [0.1, 0.15) is 20.3 Å². The van der Waals surface area contributed by atoms with Gasteiger partial charge in [-0.25, -0.2) is 4.79 Å². The van der Waals surface area contributed by atoms with E-state index in [0.717, 1.165) is 0 Å². The van der Waals surface area contributed by atoms with Gasteiger partial charge in [-0.3, -0.25) is 4.79 Å². The molecule has 0 saturated carbocycles. The van der Waals surface area contributed by atoms with Crippen LogP contribution in [0.15, 0.2) is 0 Å². The fourth-order valence-electron chi connectivity index (χ4n) is 0.715. The molecule has 0 aliphatic carbocycles. The van der Waals surface area contributed by atoms with Crippen molar-refractivity contribution < 1.29 is 14.3 Å². The number of hydrogen-bond acceptors (Lipinski definition) is 3. The molecule has 0 aliphatic rings. The molecule has 0 unspecified atom stereocenters. The largest absolute Gasteiger partial charge is 0.467 e. The Balaban J connectivity index is 3.94. The van der Waals surface area contributed by atoms with Gasteiger partial charge in [-0.05, 0) is 6.42 Å². The van der Waals surface area contributed by atoms with Crippen LogP contribution in [0.2, 0.25) is 0 Å². The van der Waals surface area contributed by atoms with Gasteiger partial charge < -0.3 is 10.1 Å². The van der Waals surface area contributed by atoms with Crippen LogP contribution in [0.3, 0.4) is 0 Å². The van der Waals surface area contributed by atoms with E-state index in [9.17, 15) is 9.59 Å². The molecule has 0 aromatic carbocycles. The van der Waals surface area contributed by atoms with Crippen molar-refractivity contribution in [1.82, 2.24) is 5.32 Å². The summed E-state index contributed by atoms with van der Waals surface area (Å²) in [4.78, 5) is 21.4. The van der Waals surface area contributed by atoms with Crippen molar-refractivity contribution in [3.8, 4) is 0 Å². The fraction of sp³-hybridized carbons (Fsp3) is 0.714.